The van der Waals surface area contributed by atoms with Crippen molar-refractivity contribution in [3.63, 3.8) is 0 Å². The van der Waals surface area contributed by atoms with Crippen LogP contribution in [0.5, 0.6) is 0 Å². The average molecular weight is 307 g/mol. The number of piperidine rings is 1. The second-order valence-electron chi connectivity index (χ2n) is 5.94. The summed E-state index contributed by atoms with van der Waals surface area (Å²) < 4.78 is 5.32. The molecule has 2 aromatic heterocycles. The van der Waals surface area contributed by atoms with Crippen LogP contribution in [0, 0.1) is 6.92 Å². The van der Waals surface area contributed by atoms with Gasteiger partial charge in [-0.2, -0.15) is 4.98 Å². The smallest absolute Gasteiger partial charge is 0.231 e. The zero-order valence-corrected chi connectivity index (χ0v) is 13.6. The molecule has 114 valence electrons. The summed E-state index contributed by atoms with van der Waals surface area (Å²) in [5.41, 5.74) is 0. The van der Waals surface area contributed by atoms with Gasteiger partial charge in [0.25, 0.3) is 0 Å². The largest absolute Gasteiger partial charge is 0.339 e. The molecule has 21 heavy (non-hydrogen) atoms. The molecule has 1 atom stereocenters. The number of nitrogens with zero attached hydrogens (tertiary/aromatic N) is 5. The van der Waals surface area contributed by atoms with Crippen LogP contribution >= 0.6 is 11.3 Å². The van der Waals surface area contributed by atoms with Gasteiger partial charge in [-0.3, -0.25) is 4.90 Å². The van der Waals surface area contributed by atoms with Gasteiger partial charge < -0.3 is 4.52 Å². The van der Waals surface area contributed by atoms with Crippen molar-refractivity contribution in [2.45, 2.75) is 52.0 Å². The topological polar surface area (TPSA) is 67.9 Å². The van der Waals surface area contributed by atoms with Crippen LogP contribution in [-0.4, -0.2) is 38.3 Å². The van der Waals surface area contributed by atoms with Gasteiger partial charge >= 0.3 is 0 Å². The van der Waals surface area contributed by atoms with Gasteiger partial charge in [0.2, 0.25) is 5.89 Å². The molecule has 2 aromatic rings. The standard InChI is InChI=1S/C14H21N5OS/c1-9(2)14-17-16-12(21-14)8-19-6-4-5-11(7-19)13-15-10(3)18-20-13/h9,11H,4-8H2,1-3H3. The molecule has 0 aliphatic carbocycles. The Balaban J connectivity index is 1.63. The van der Waals surface area contributed by atoms with Crippen LogP contribution in [0.4, 0.5) is 0 Å². The van der Waals surface area contributed by atoms with E-state index in [0.717, 1.165) is 48.4 Å². The molecule has 1 fully saturated rings. The maximum atomic E-state index is 5.32. The molecule has 1 aliphatic heterocycles. The molecular weight excluding hydrogens is 286 g/mol. The zero-order chi connectivity index (χ0) is 14.8. The van der Waals surface area contributed by atoms with Gasteiger partial charge in [0.05, 0.1) is 12.5 Å². The minimum atomic E-state index is 0.345. The maximum Gasteiger partial charge on any atom is 0.231 e. The van der Waals surface area contributed by atoms with E-state index in [1.807, 2.05) is 6.92 Å². The average Bonchev–Trinajstić information content (AvgIpc) is 3.08. The second kappa shape index (κ2) is 6.19. The first-order chi connectivity index (χ1) is 10.1. The molecule has 0 radical (unpaired) electrons. The Morgan fingerprint density at radius 1 is 1.38 bits per heavy atom. The molecule has 1 saturated heterocycles. The van der Waals surface area contributed by atoms with Crippen molar-refractivity contribution in [3.05, 3.63) is 21.7 Å². The molecule has 0 amide bonds. The Morgan fingerprint density at radius 3 is 2.90 bits per heavy atom. The van der Waals surface area contributed by atoms with E-state index in [1.54, 1.807) is 11.3 Å². The number of rotatable bonds is 4. The molecule has 6 nitrogen and oxygen atoms in total. The zero-order valence-electron chi connectivity index (χ0n) is 12.7. The summed E-state index contributed by atoms with van der Waals surface area (Å²) in [6, 6.07) is 0. The lowest BCUT2D eigenvalue weighted by molar-refractivity contribution is 0.179. The van der Waals surface area contributed by atoms with Gasteiger partial charge in [0.15, 0.2) is 5.82 Å². The fraction of sp³-hybridized carbons (Fsp3) is 0.714. The lowest BCUT2D eigenvalue weighted by Crippen LogP contribution is -2.34. The van der Waals surface area contributed by atoms with Crippen molar-refractivity contribution in [1.29, 1.82) is 0 Å². The van der Waals surface area contributed by atoms with Crippen LogP contribution in [0.1, 0.15) is 60.3 Å². The van der Waals surface area contributed by atoms with Gasteiger partial charge in [-0.1, -0.05) is 30.3 Å². The Bertz CT molecular complexity index is 594. The van der Waals surface area contributed by atoms with Gasteiger partial charge in [-0.25, -0.2) is 0 Å². The molecule has 1 unspecified atom stereocenters. The number of likely N-dealkylation sites (tertiary alicyclic amines) is 1. The number of hydrogen-bond donors (Lipinski definition) is 0. The molecule has 7 heteroatoms. The minimum Gasteiger partial charge on any atom is -0.339 e. The first-order valence-corrected chi connectivity index (χ1v) is 8.28. The van der Waals surface area contributed by atoms with E-state index in [1.165, 1.54) is 0 Å². The highest BCUT2D eigenvalue weighted by Crippen LogP contribution is 2.27. The van der Waals surface area contributed by atoms with Gasteiger partial charge in [0, 0.05) is 12.5 Å². The van der Waals surface area contributed by atoms with Crippen molar-refractivity contribution < 1.29 is 4.52 Å². The van der Waals surface area contributed by atoms with E-state index in [2.05, 4.69) is 39.1 Å². The van der Waals surface area contributed by atoms with Crippen molar-refractivity contribution in [3.8, 4) is 0 Å². The molecule has 1 aliphatic rings. The third-order valence-electron chi connectivity index (χ3n) is 3.73. The monoisotopic (exact) mass is 307 g/mol. The van der Waals surface area contributed by atoms with E-state index in [0.29, 0.717) is 17.7 Å². The van der Waals surface area contributed by atoms with Gasteiger partial charge in [-0.15, -0.1) is 10.2 Å². The van der Waals surface area contributed by atoms with Crippen LogP contribution < -0.4 is 0 Å². The Kier molecular flexibility index (Phi) is 4.30. The summed E-state index contributed by atoms with van der Waals surface area (Å²) in [4.78, 5) is 6.79. The van der Waals surface area contributed by atoms with Crippen LogP contribution in [0.15, 0.2) is 4.52 Å². The Hall–Kier alpha value is -1.34. The summed E-state index contributed by atoms with van der Waals surface area (Å²) >= 11 is 1.72. The fourth-order valence-corrected chi connectivity index (χ4v) is 3.52. The molecule has 0 spiro atoms. The van der Waals surface area contributed by atoms with Crippen LogP contribution in [0.3, 0.4) is 0 Å². The molecule has 0 bridgehead atoms. The van der Waals surface area contributed by atoms with E-state index in [-0.39, 0.29) is 0 Å². The lowest BCUT2D eigenvalue weighted by Gasteiger charge is -2.29. The summed E-state index contributed by atoms with van der Waals surface area (Å²) in [5.74, 6) is 2.29. The molecule has 0 aromatic carbocycles. The summed E-state index contributed by atoms with van der Waals surface area (Å²) in [7, 11) is 0. The van der Waals surface area contributed by atoms with E-state index < -0.39 is 0 Å². The lowest BCUT2D eigenvalue weighted by atomic mass is 9.98. The minimum absolute atomic E-state index is 0.345. The first kappa shape index (κ1) is 14.6. The fourth-order valence-electron chi connectivity index (χ4n) is 2.63. The van der Waals surface area contributed by atoms with Crippen molar-refractivity contribution >= 4 is 11.3 Å². The van der Waals surface area contributed by atoms with Crippen LogP contribution in [0.25, 0.3) is 0 Å². The predicted octanol–water partition coefficient (Wildman–Crippen LogP) is 2.73. The van der Waals surface area contributed by atoms with Gasteiger partial charge in [0.1, 0.15) is 10.0 Å². The highest BCUT2D eigenvalue weighted by atomic mass is 32.1. The third kappa shape index (κ3) is 3.47. The normalized spacial score (nSPS) is 20.3. The molecule has 3 rings (SSSR count). The number of hydrogen-bond acceptors (Lipinski definition) is 7. The SMILES string of the molecule is Cc1noc(C2CCCN(Cc3nnc(C(C)C)s3)C2)n1. The van der Waals surface area contributed by atoms with Crippen molar-refractivity contribution in [2.24, 2.45) is 0 Å². The second-order valence-corrected chi connectivity index (χ2v) is 7.04. The number of aryl methyl sites for hydroxylation is 1. The first-order valence-electron chi connectivity index (χ1n) is 7.46. The van der Waals surface area contributed by atoms with E-state index in [4.69, 9.17) is 4.52 Å². The Morgan fingerprint density at radius 2 is 2.24 bits per heavy atom. The molecule has 0 N–H and O–H groups in total. The highest BCUT2D eigenvalue weighted by Gasteiger charge is 2.26. The van der Waals surface area contributed by atoms with E-state index >= 15 is 0 Å². The summed E-state index contributed by atoms with van der Waals surface area (Å²) in [6.07, 6.45) is 2.27. The molecular formula is C14H21N5OS. The molecule has 0 saturated carbocycles. The van der Waals surface area contributed by atoms with Gasteiger partial charge in [-0.05, 0) is 26.3 Å². The summed E-state index contributed by atoms with van der Waals surface area (Å²) in [6.45, 7) is 9.09. The predicted molar refractivity (Wildman–Crippen MR) is 80.3 cm³/mol. The van der Waals surface area contributed by atoms with Crippen molar-refractivity contribution in [2.75, 3.05) is 13.1 Å². The third-order valence-corrected chi connectivity index (χ3v) is 4.94. The maximum absolute atomic E-state index is 5.32. The van der Waals surface area contributed by atoms with E-state index in [9.17, 15) is 0 Å². The van der Waals surface area contributed by atoms with Crippen LogP contribution in [-0.2, 0) is 6.54 Å². The Labute approximate surface area is 128 Å². The quantitative estimate of drug-likeness (QED) is 0.865. The van der Waals surface area contributed by atoms with Crippen molar-refractivity contribution in [1.82, 2.24) is 25.2 Å². The summed E-state index contributed by atoms with van der Waals surface area (Å²) in [5, 5.41) is 14.7. The molecule has 3 heterocycles. The highest BCUT2D eigenvalue weighted by molar-refractivity contribution is 7.11. The van der Waals surface area contributed by atoms with Crippen LogP contribution in [0.2, 0.25) is 0 Å². The number of aromatic nitrogens is 4.